The fourth-order valence-electron chi connectivity index (χ4n) is 2.14. The Kier molecular flexibility index (Phi) is 6.07. The molecule has 0 aliphatic carbocycles. The molecule has 2 rings (SSSR count). The molecule has 1 aliphatic heterocycles. The monoisotopic (exact) mass is 302 g/mol. The summed E-state index contributed by atoms with van der Waals surface area (Å²) in [6.45, 7) is 6.03. The number of hydrogen-bond donors (Lipinski definition) is 2. The van der Waals surface area contributed by atoms with Gasteiger partial charge >= 0.3 is 5.96 Å². The predicted molar refractivity (Wildman–Crippen MR) is 90.0 cm³/mol. The third kappa shape index (κ3) is 4.65. The first-order chi connectivity index (χ1) is 10.7. The Morgan fingerprint density at radius 1 is 1.27 bits per heavy atom. The Labute approximate surface area is 131 Å². The Morgan fingerprint density at radius 2 is 2.14 bits per heavy atom. The minimum Gasteiger partial charge on any atom is -0.491 e. The van der Waals surface area contributed by atoms with Crippen molar-refractivity contribution in [3.8, 4) is 5.75 Å². The second-order valence-corrected chi connectivity index (χ2v) is 5.09. The highest BCUT2D eigenvalue weighted by atomic mass is 16.5. The molecule has 5 nitrogen and oxygen atoms in total. The Balaban J connectivity index is 1.90. The molecule has 0 fully saturated rings. The van der Waals surface area contributed by atoms with Crippen molar-refractivity contribution < 1.29 is 9.47 Å². The van der Waals surface area contributed by atoms with Crippen LogP contribution in [0.4, 0.5) is 0 Å². The molecule has 5 heteroatoms. The standard InChI is InChI=1S/C17H23N3O2/c1-4-16-13(2)11-18-17(20-16)19-12-14-6-5-7-15(10-14)22-9-8-21-3/h5-7,10-11H,4,8-9,12H2,1-3H3,(H,18,19,20)/p+1. The lowest BCUT2D eigenvalue weighted by Crippen LogP contribution is -2.40. The van der Waals surface area contributed by atoms with E-state index in [1.807, 2.05) is 24.4 Å². The van der Waals surface area contributed by atoms with Crippen molar-refractivity contribution in [2.24, 2.45) is 0 Å². The summed E-state index contributed by atoms with van der Waals surface area (Å²) < 4.78 is 15.0. The van der Waals surface area contributed by atoms with Crippen LogP contribution in [0.3, 0.4) is 0 Å². The minimum absolute atomic E-state index is 0.556. The van der Waals surface area contributed by atoms with Crippen LogP contribution in [0.25, 0.3) is 0 Å². The van der Waals surface area contributed by atoms with Gasteiger partial charge in [0.15, 0.2) is 6.21 Å². The number of allylic oxidation sites excluding steroid dienone is 2. The summed E-state index contributed by atoms with van der Waals surface area (Å²) in [5.41, 5.74) is 3.53. The van der Waals surface area contributed by atoms with Crippen LogP contribution < -0.4 is 20.0 Å². The summed E-state index contributed by atoms with van der Waals surface area (Å²) in [6.07, 6.45) is 2.85. The lowest BCUT2D eigenvalue weighted by Gasteiger charge is -2.09. The molecule has 1 aliphatic rings. The number of nitrogens with zero attached hydrogens (tertiary/aromatic N) is 1. The van der Waals surface area contributed by atoms with Crippen LogP contribution in [0.5, 0.6) is 5.75 Å². The van der Waals surface area contributed by atoms with Crippen molar-refractivity contribution in [2.75, 3.05) is 20.3 Å². The molecular weight excluding hydrogens is 278 g/mol. The zero-order chi connectivity index (χ0) is 15.8. The average Bonchev–Trinajstić information content (AvgIpc) is 2.55. The van der Waals surface area contributed by atoms with Crippen LogP contribution in [0, 0.1) is 0 Å². The second-order valence-electron chi connectivity index (χ2n) is 5.09. The highest BCUT2D eigenvalue weighted by Gasteiger charge is 2.15. The molecule has 0 aromatic heterocycles. The lowest BCUT2D eigenvalue weighted by atomic mass is 10.2. The lowest BCUT2D eigenvalue weighted by molar-refractivity contribution is 0.146. The fraction of sp³-hybridized carbons (Fsp3) is 0.412. The third-order valence-electron chi connectivity index (χ3n) is 3.40. The van der Waals surface area contributed by atoms with Crippen molar-refractivity contribution in [2.45, 2.75) is 26.8 Å². The number of guanidine groups is 1. The zero-order valence-corrected chi connectivity index (χ0v) is 13.5. The van der Waals surface area contributed by atoms with Crippen molar-refractivity contribution in [3.05, 3.63) is 41.1 Å². The van der Waals surface area contributed by atoms with Crippen LogP contribution in [-0.2, 0) is 11.3 Å². The van der Waals surface area contributed by atoms with Gasteiger partial charge in [-0.25, -0.2) is 9.98 Å². The molecule has 0 unspecified atom stereocenters. The first kappa shape index (κ1) is 16.1. The smallest absolute Gasteiger partial charge is 0.443 e. The molecule has 0 radical (unpaired) electrons. The van der Waals surface area contributed by atoms with Crippen LogP contribution >= 0.6 is 0 Å². The number of nitrogens with one attached hydrogen (secondary N) is 2. The highest BCUT2D eigenvalue weighted by Crippen LogP contribution is 2.13. The van der Waals surface area contributed by atoms with Crippen LogP contribution in [0.1, 0.15) is 25.8 Å². The van der Waals surface area contributed by atoms with E-state index in [0.29, 0.717) is 19.8 Å². The fourth-order valence-corrected chi connectivity index (χ4v) is 2.14. The molecule has 0 bridgehead atoms. The molecule has 1 aromatic carbocycles. The van der Waals surface area contributed by atoms with E-state index in [1.54, 1.807) is 7.11 Å². The van der Waals surface area contributed by atoms with E-state index in [9.17, 15) is 0 Å². The summed E-state index contributed by atoms with van der Waals surface area (Å²) in [6, 6.07) is 8.02. The number of rotatable bonds is 7. The molecule has 2 N–H and O–H groups in total. The van der Waals surface area contributed by atoms with Gasteiger partial charge in [0.2, 0.25) is 0 Å². The maximum absolute atomic E-state index is 5.62. The first-order valence-electron chi connectivity index (χ1n) is 7.55. The van der Waals surface area contributed by atoms with Gasteiger partial charge in [0.05, 0.1) is 18.8 Å². The molecule has 22 heavy (non-hydrogen) atoms. The zero-order valence-electron chi connectivity index (χ0n) is 13.5. The normalized spacial score (nSPS) is 13.7. The van der Waals surface area contributed by atoms with Gasteiger partial charge < -0.3 is 9.47 Å². The van der Waals surface area contributed by atoms with Crippen molar-refractivity contribution in [1.82, 2.24) is 15.3 Å². The highest BCUT2D eigenvalue weighted by molar-refractivity contribution is 5.91. The number of benzene rings is 1. The predicted octanol–water partition coefficient (Wildman–Crippen LogP) is 1.58. The van der Waals surface area contributed by atoms with Crippen molar-refractivity contribution >= 4 is 12.2 Å². The first-order valence-corrected chi connectivity index (χ1v) is 7.55. The van der Waals surface area contributed by atoms with Crippen molar-refractivity contribution in [1.29, 1.82) is 0 Å². The molecule has 118 valence electrons. The molecule has 1 aromatic rings. The van der Waals surface area contributed by atoms with Crippen LogP contribution in [0.2, 0.25) is 0 Å². The van der Waals surface area contributed by atoms with Gasteiger partial charge in [-0.2, -0.15) is 0 Å². The third-order valence-corrected chi connectivity index (χ3v) is 3.40. The van der Waals surface area contributed by atoms with Crippen molar-refractivity contribution in [3.63, 3.8) is 0 Å². The Morgan fingerprint density at radius 3 is 2.91 bits per heavy atom. The van der Waals surface area contributed by atoms with E-state index < -0.39 is 0 Å². The minimum atomic E-state index is 0.556. The van der Waals surface area contributed by atoms with Crippen LogP contribution in [0.15, 0.2) is 35.5 Å². The summed E-state index contributed by atoms with van der Waals surface area (Å²) >= 11 is 0. The molecule has 0 atom stereocenters. The van der Waals surface area contributed by atoms with E-state index in [-0.39, 0.29) is 0 Å². The molecule has 0 amide bonds. The summed E-state index contributed by atoms with van der Waals surface area (Å²) in [5, 5.41) is 6.63. The maximum Gasteiger partial charge on any atom is 0.443 e. The summed E-state index contributed by atoms with van der Waals surface area (Å²) in [5.74, 6) is 1.64. The summed E-state index contributed by atoms with van der Waals surface area (Å²) in [7, 11) is 1.67. The van der Waals surface area contributed by atoms with Gasteiger partial charge in [0.1, 0.15) is 12.4 Å². The second kappa shape index (κ2) is 8.27. The number of hydrogen-bond acceptors (Lipinski definition) is 4. The van der Waals surface area contributed by atoms with E-state index in [1.165, 1.54) is 11.3 Å². The van der Waals surface area contributed by atoms with E-state index in [0.717, 1.165) is 23.7 Å². The van der Waals surface area contributed by atoms with Gasteiger partial charge in [-0.1, -0.05) is 19.1 Å². The molecule has 0 saturated heterocycles. The van der Waals surface area contributed by atoms with E-state index >= 15 is 0 Å². The maximum atomic E-state index is 5.62. The summed E-state index contributed by atoms with van der Waals surface area (Å²) in [4.78, 5) is 0. The van der Waals surface area contributed by atoms with E-state index in [2.05, 4.69) is 35.2 Å². The quantitative estimate of drug-likeness (QED) is 0.593. The topological polar surface area (TPSA) is 56.6 Å². The van der Waals surface area contributed by atoms with Gasteiger partial charge in [0, 0.05) is 12.7 Å². The SMILES string of the molecule is CCC1=C(C)C=[N+]=C(NCc2cccc(OCCOC)c2)N1. The average molecular weight is 302 g/mol. The van der Waals surface area contributed by atoms with Gasteiger partial charge in [-0.05, 0) is 31.0 Å². The number of methoxy groups -OCH3 is 1. The largest absolute Gasteiger partial charge is 0.491 e. The molecule has 1 heterocycles. The van der Waals surface area contributed by atoms with Crippen LogP contribution in [-0.4, -0.2) is 32.5 Å². The van der Waals surface area contributed by atoms with Gasteiger partial charge in [-0.3, -0.25) is 5.32 Å². The van der Waals surface area contributed by atoms with Gasteiger partial charge in [0.25, 0.3) is 0 Å². The van der Waals surface area contributed by atoms with Gasteiger partial charge in [-0.15, -0.1) is 0 Å². The molecular formula is C17H24N3O2+. The number of ether oxygens (including phenoxy) is 2. The molecule has 0 saturated carbocycles. The Bertz CT molecular complexity index is 602. The molecule has 0 spiro atoms. The Hall–Kier alpha value is -2.23. The van der Waals surface area contributed by atoms with E-state index in [4.69, 9.17) is 9.47 Å².